The quantitative estimate of drug-likeness (QED) is 0.385. The molecule has 2 amide bonds. The normalized spacial score (nSPS) is 11.3. The summed E-state index contributed by atoms with van der Waals surface area (Å²) in [6.07, 6.45) is 0. The molecular weight excluding hydrogens is 434 g/mol. The van der Waals surface area contributed by atoms with Crippen molar-refractivity contribution >= 4 is 27.7 Å². The van der Waals surface area contributed by atoms with Crippen LogP contribution in [0.5, 0.6) is 5.75 Å². The molecule has 0 bridgehead atoms. The van der Waals surface area contributed by atoms with Crippen molar-refractivity contribution in [1.82, 2.24) is 14.8 Å². The van der Waals surface area contributed by atoms with Crippen molar-refractivity contribution in [2.24, 2.45) is 10.9 Å². The number of rotatable bonds is 6. The van der Waals surface area contributed by atoms with Crippen LogP contribution in [0.25, 0.3) is 16.9 Å². The number of hydroxylamine groups is 2. The van der Waals surface area contributed by atoms with Crippen LogP contribution in [0.1, 0.15) is 5.69 Å². The van der Waals surface area contributed by atoms with Crippen LogP contribution in [-0.2, 0) is 16.6 Å². The van der Waals surface area contributed by atoms with Crippen molar-refractivity contribution in [1.29, 1.82) is 0 Å². The minimum Gasteiger partial charge on any atom is -0.495 e. The number of primary sulfonamides is 1. The molecule has 1 heterocycles. The molecule has 12 heteroatoms. The summed E-state index contributed by atoms with van der Waals surface area (Å²) in [5, 5.41) is 19.9. The standard InChI is InChI=1S/C18H18ClN5O5S/c1-29-17-7-2-11(8-15(17)19)16-9-12(10-23(26)18(20)25)22-24(16)13-3-5-14(6-4-13)30(21,27)28/h2-9,26H,10H2,1H3,(H2,20,25)(H2,21,27,28). The Kier molecular flexibility index (Phi) is 5.99. The lowest BCUT2D eigenvalue weighted by atomic mass is 10.1. The van der Waals surface area contributed by atoms with Gasteiger partial charge in [0.05, 0.1) is 40.6 Å². The number of nitrogens with zero attached hydrogens (tertiary/aromatic N) is 3. The van der Waals surface area contributed by atoms with Gasteiger partial charge in [0.1, 0.15) is 5.75 Å². The second kappa shape index (κ2) is 8.32. The van der Waals surface area contributed by atoms with Gasteiger partial charge in [-0.3, -0.25) is 5.21 Å². The van der Waals surface area contributed by atoms with Gasteiger partial charge in [-0.15, -0.1) is 0 Å². The smallest absolute Gasteiger partial charge is 0.338 e. The third-order valence-electron chi connectivity index (χ3n) is 4.18. The number of primary amides is 1. The van der Waals surface area contributed by atoms with Gasteiger partial charge in [-0.2, -0.15) is 5.10 Å². The van der Waals surface area contributed by atoms with E-state index in [2.05, 4.69) is 5.10 Å². The molecule has 2 aromatic carbocycles. The molecule has 0 saturated carbocycles. The Morgan fingerprint density at radius 3 is 2.43 bits per heavy atom. The molecule has 0 aliphatic carbocycles. The number of amides is 2. The molecule has 3 rings (SSSR count). The number of nitrogens with two attached hydrogens (primary N) is 2. The molecule has 0 aliphatic rings. The molecule has 5 N–H and O–H groups in total. The highest BCUT2D eigenvalue weighted by molar-refractivity contribution is 7.89. The third kappa shape index (κ3) is 4.54. The fourth-order valence-corrected chi connectivity index (χ4v) is 3.52. The Hall–Kier alpha value is -3.12. The molecule has 0 saturated heterocycles. The van der Waals surface area contributed by atoms with Gasteiger partial charge in [0.2, 0.25) is 10.0 Å². The minimum atomic E-state index is -3.85. The van der Waals surface area contributed by atoms with E-state index >= 15 is 0 Å². The van der Waals surface area contributed by atoms with E-state index in [-0.39, 0.29) is 11.4 Å². The third-order valence-corrected chi connectivity index (χ3v) is 5.41. The van der Waals surface area contributed by atoms with E-state index in [1.165, 1.54) is 36.1 Å². The molecule has 158 valence electrons. The molecule has 0 fully saturated rings. The first-order valence-electron chi connectivity index (χ1n) is 8.42. The van der Waals surface area contributed by atoms with E-state index in [9.17, 15) is 18.4 Å². The Balaban J connectivity index is 2.11. The number of hydrogen-bond donors (Lipinski definition) is 3. The molecule has 0 radical (unpaired) electrons. The van der Waals surface area contributed by atoms with E-state index in [1.54, 1.807) is 24.3 Å². The number of urea groups is 1. The van der Waals surface area contributed by atoms with E-state index in [4.69, 9.17) is 27.2 Å². The molecule has 10 nitrogen and oxygen atoms in total. The number of hydrogen-bond acceptors (Lipinski definition) is 6. The number of carbonyl (C=O) groups excluding carboxylic acids is 1. The van der Waals surface area contributed by atoms with Gasteiger partial charge >= 0.3 is 6.03 Å². The van der Waals surface area contributed by atoms with Crippen molar-refractivity contribution in [2.45, 2.75) is 11.4 Å². The SMILES string of the molecule is COc1ccc(-c2cc(CN(O)C(N)=O)nn2-c2ccc(S(N)(=O)=O)cc2)cc1Cl. The van der Waals surface area contributed by atoms with Crippen molar-refractivity contribution in [3.63, 3.8) is 0 Å². The summed E-state index contributed by atoms with van der Waals surface area (Å²) < 4.78 is 29.7. The molecular formula is C18H18ClN5O5S. The Morgan fingerprint density at radius 2 is 1.90 bits per heavy atom. The Morgan fingerprint density at radius 1 is 1.23 bits per heavy atom. The summed E-state index contributed by atoms with van der Waals surface area (Å²) in [7, 11) is -2.35. The van der Waals surface area contributed by atoms with Crippen LogP contribution in [0.3, 0.4) is 0 Å². The molecule has 3 aromatic rings. The minimum absolute atomic E-state index is 0.0528. The molecule has 30 heavy (non-hydrogen) atoms. The maximum atomic E-state index is 11.5. The largest absolute Gasteiger partial charge is 0.495 e. The summed E-state index contributed by atoms with van der Waals surface area (Å²) >= 11 is 6.24. The molecule has 0 spiro atoms. The average Bonchev–Trinajstić information content (AvgIpc) is 3.11. The van der Waals surface area contributed by atoms with Gasteiger partial charge in [-0.05, 0) is 48.5 Å². The summed E-state index contributed by atoms with van der Waals surface area (Å²) in [6, 6.07) is 11.4. The Bertz CT molecular complexity index is 1190. The topological polar surface area (TPSA) is 154 Å². The van der Waals surface area contributed by atoms with Gasteiger partial charge in [0, 0.05) is 5.56 Å². The molecule has 0 aliphatic heterocycles. The monoisotopic (exact) mass is 451 g/mol. The lowest BCUT2D eigenvalue weighted by Gasteiger charge is -2.10. The van der Waals surface area contributed by atoms with Crippen molar-refractivity contribution in [3.05, 3.63) is 59.2 Å². The summed E-state index contributed by atoms with van der Waals surface area (Å²) in [5.74, 6) is 0.486. The second-order valence-electron chi connectivity index (χ2n) is 6.22. The van der Waals surface area contributed by atoms with Gasteiger partial charge in [-0.1, -0.05) is 11.6 Å². The highest BCUT2D eigenvalue weighted by atomic mass is 35.5. The van der Waals surface area contributed by atoms with E-state index in [0.29, 0.717) is 38.5 Å². The fourth-order valence-electron chi connectivity index (χ4n) is 2.74. The Labute approximate surface area is 177 Å². The lowest BCUT2D eigenvalue weighted by Crippen LogP contribution is -2.32. The predicted octanol–water partition coefficient (Wildman–Crippen LogP) is 2.12. The summed E-state index contributed by atoms with van der Waals surface area (Å²) in [4.78, 5) is 11.1. The van der Waals surface area contributed by atoms with Crippen LogP contribution < -0.4 is 15.6 Å². The lowest BCUT2D eigenvalue weighted by molar-refractivity contribution is -0.0479. The van der Waals surface area contributed by atoms with Crippen LogP contribution in [0, 0.1) is 0 Å². The molecule has 1 aromatic heterocycles. The number of ether oxygens (including phenoxy) is 1. The van der Waals surface area contributed by atoms with E-state index in [1.807, 2.05) is 0 Å². The molecule has 0 atom stereocenters. The van der Waals surface area contributed by atoms with Crippen LogP contribution in [-0.4, -0.2) is 41.6 Å². The highest BCUT2D eigenvalue weighted by Gasteiger charge is 2.17. The maximum Gasteiger partial charge on any atom is 0.338 e. The van der Waals surface area contributed by atoms with Crippen LogP contribution in [0.2, 0.25) is 5.02 Å². The first-order chi connectivity index (χ1) is 14.1. The van der Waals surface area contributed by atoms with Gasteiger partial charge < -0.3 is 10.5 Å². The van der Waals surface area contributed by atoms with E-state index < -0.39 is 16.1 Å². The highest BCUT2D eigenvalue weighted by Crippen LogP contribution is 2.32. The summed E-state index contributed by atoms with van der Waals surface area (Å²) in [5.41, 5.74) is 7.13. The van der Waals surface area contributed by atoms with Gasteiger partial charge in [0.15, 0.2) is 0 Å². The predicted molar refractivity (Wildman–Crippen MR) is 109 cm³/mol. The number of benzene rings is 2. The first-order valence-corrected chi connectivity index (χ1v) is 10.3. The zero-order valence-corrected chi connectivity index (χ0v) is 17.3. The van der Waals surface area contributed by atoms with Crippen LogP contribution in [0.4, 0.5) is 4.79 Å². The van der Waals surface area contributed by atoms with Crippen molar-refractivity contribution < 1.29 is 23.2 Å². The number of carbonyl (C=O) groups is 1. The van der Waals surface area contributed by atoms with Gasteiger partial charge in [-0.25, -0.2) is 28.1 Å². The number of aromatic nitrogens is 2. The van der Waals surface area contributed by atoms with Crippen molar-refractivity contribution in [3.8, 4) is 22.7 Å². The van der Waals surface area contributed by atoms with E-state index in [0.717, 1.165) is 0 Å². The average molecular weight is 452 g/mol. The number of halogens is 1. The van der Waals surface area contributed by atoms with Gasteiger partial charge in [0.25, 0.3) is 0 Å². The first kappa shape index (κ1) is 21.6. The number of methoxy groups -OCH3 is 1. The van der Waals surface area contributed by atoms with Crippen molar-refractivity contribution in [2.75, 3.05) is 7.11 Å². The summed E-state index contributed by atoms with van der Waals surface area (Å²) in [6.45, 7) is -0.255. The zero-order valence-electron chi connectivity index (χ0n) is 15.7. The number of sulfonamides is 1. The van der Waals surface area contributed by atoms with Crippen LogP contribution >= 0.6 is 11.6 Å². The zero-order chi connectivity index (χ0) is 22.1. The second-order valence-corrected chi connectivity index (χ2v) is 8.19. The maximum absolute atomic E-state index is 11.5. The van der Waals surface area contributed by atoms with Crippen LogP contribution in [0.15, 0.2) is 53.4 Å². The fraction of sp³-hybridized carbons (Fsp3) is 0.111. The molecule has 0 unspecified atom stereocenters.